The zero-order chi connectivity index (χ0) is 20.2. The summed E-state index contributed by atoms with van der Waals surface area (Å²) in [6, 6.07) is 19.6. The molecule has 1 atom stereocenters. The van der Waals surface area contributed by atoms with Gasteiger partial charge in [0.2, 0.25) is 0 Å². The standard InChI is InChI=1S/C21H29N3O2S2.HI/c1-18(27-20-12-7-4-8-13-20)16-24-21(22-2)23-14-9-15-28(25,26)17-19-10-5-3-6-11-19;/h3-8,10-13,18H,9,14-17H2,1-2H3,(H2,22,23,24);1H. The molecule has 29 heavy (non-hydrogen) atoms. The Morgan fingerprint density at radius 1 is 1.03 bits per heavy atom. The Hall–Kier alpha value is -1.26. The summed E-state index contributed by atoms with van der Waals surface area (Å²) in [5.74, 6) is 0.947. The van der Waals surface area contributed by atoms with Gasteiger partial charge in [0.15, 0.2) is 15.8 Å². The first-order valence-corrected chi connectivity index (χ1v) is 12.1. The predicted octanol–water partition coefficient (Wildman–Crippen LogP) is 3.96. The maximum absolute atomic E-state index is 12.2. The molecule has 0 amide bonds. The zero-order valence-electron chi connectivity index (χ0n) is 16.9. The monoisotopic (exact) mass is 547 g/mol. The summed E-state index contributed by atoms with van der Waals surface area (Å²) in [4.78, 5) is 5.44. The Morgan fingerprint density at radius 2 is 1.66 bits per heavy atom. The van der Waals surface area contributed by atoms with E-state index < -0.39 is 9.84 Å². The number of nitrogens with one attached hydrogen (secondary N) is 2. The van der Waals surface area contributed by atoms with E-state index in [-0.39, 0.29) is 35.5 Å². The van der Waals surface area contributed by atoms with Gasteiger partial charge in [0.05, 0.1) is 11.5 Å². The first kappa shape index (κ1) is 25.8. The molecule has 0 aliphatic carbocycles. The van der Waals surface area contributed by atoms with Gasteiger partial charge in [0.1, 0.15) is 0 Å². The zero-order valence-corrected chi connectivity index (χ0v) is 20.8. The smallest absolute Gasteiger partial charge is 0.191 e. The number of sulfone groups is 1. The summed E-state index contributed by atoms with van der Waals surface area (Å²) >= 11 is 1.80. The summed E-state index contributed by atoms with van der Waals surface area (Å²) in [6.45, 7) is 3.49. The molecule has 0 spiro atoms. The maximum Gasteiger partial charge on any atom is 0.191 e. The maximum atomic E-state index is 12.2. The lowest BCUT2D eigenvalue weighted by atomic mass is 10.2. The van der Waals surface area contributed by atoms with Gasteiger partial charge in [-0.3, -0.25) is 4.99 Å². The Labute approximate surface area is 196 Å². The van der Waals surface area contributed by atoms with Crippen LogP contribution >= 0.6 is 35.7 Å². The Morgan fingerprint density at radius 3 is 2.28 bits per heavy atom. The van der Waals surface area contributed by atoms with Gasteiger partial charge in [-0.2, -0.15) is 0 Å². The van der Waals surface area contributed by atoms with Crippen molar-refractivity contribution in [3.63, 3.8) is 0 Å². The van der Waals surface area contributed by atoms with Crippen LogP contribution in [0, 0.1) is 0 Å². The molecule has 0 aliphatic heterocycles. The molecule has 0 saturated heterocycles. The number of guanidine groups is 1. The van der Waals surface area contributed by atoms with E-state index in [1.54, 1.807) is 18.8 Å². The summed E-state index contributed by atoms with van der Waals surface area (Å²) in [6.07, 6.45) is 0.546. The average Bonchev–Trinajstić information content (AvgIpc) is 2.68. The number of aliphatic imine (C=N–C) groups is 1. The molecular formula is C21H30IN3O2S2. The fourth-order valence-electron chi connectivity index (χ4n) is 2.63. The molecular weight excluding hydrogens is 517 g/mol. The van der Waals surface area contributed by atoms with Crippen molar-refractivity contribution in [1.29, 1.82) is 0 Å². The van der Waals surface area contributed by atoms with Gasteiger partial charge in [-0.25, -0.2) is 8.42 Å². The van der Waals surface area contributed by atoms with Gasteiger partial charge >= 0.3 is 0 Å². The fraction of sp³-hybridized carbons (Fsp3) is 0.381. The average molecular weight is 548 g/mol. The van der Waals surface area contributed by atoms with Gasteiger partial charge in [-0.15, -0.1) is 35.7 Å². The molecule has 160 valence electrons. The number of hydrogen-bond acceptors (Lipinski definition) is 4. The molecule has 8 heteroatoms. The first-order chi connectivity index (χ1) is 13.5. The van der Waals surface area contributed by atoms with E-state index in [4.69, 9.17) is 0 Å². The molecule has 0 radical (unpaired) electrons. The number of thioether (sulfide) groups is 1. The molecule has 0 fully saturated rings. The second kappa shape index (κ2) is 13.9. The quantitative estimate of drug-likeness (QED) is 0.155. The number of benzene rings is 2. The minimum Gasteiger partial charge on any atom is -0.356 e. The summed E-state index contributed by atoms with van der Waals surface area (Å²) in [5, 5.41) is 6.87. The van der Waals surface area contributed by atoms with Gasteiger partial charge < -0.3 is 10.6 Å². The predicted molar refractivity (Wildman–Crippen MR) is 135 cm³/mol. The van der Waals surface area contributed by atoms with Crippen LogP contribution in [0.25, 0.3) is 0 Å². The Kier molecular flexibility index (Phi) is 12.3. The molecule has 2 N–H and O–H groups in total. The molecule has 0 aromatic heterocycles. The van der Waals surface area contributed by atoms with Crippen LogP contribution in [0.3, 0.4) is 0 Å². The summed E-state index contributed by atoms with van der Waals surface area (Å²) < 4.78 is 24.5. The third-order valence-electron chi connectivity index (χ3n) is 4.02. The van der Waals surface area contributed by atoms with Crippen molar-refractivity contribution < 1.29 is 8.42 Å². The second-order valence-electron chi connectivity index (χ2n) is 6.55. The molecule has 0 saturated carbocycles. The number of nitrogens with zero attached hydrogens (tertiary/aromatic N) is 1. The molecule has 0 heterocycles. The highest BCUT2D eigenvalue weighted by Crippen LogP contribution is 2.21. The molecule has 0 aliphatic rings. The van der Waals surface area contributed by atoms with Crippen molar-refractivity contribution >= 4 is 51.5 Å². The van der Waals surface area contributed by atoms with Crippen LogP contribution in [0.2, 0.25) is 0 Å². The van der Waals surface area contributed by atoms with Crippen LogP contribution in [-0.4, -0.2) is 45.5 Å². The molecule has 2 rings (SSSR count). The first-order valence-electron chi connectivity index (χ1n) is 9.39. The lowest BCUT2D eigenvalue weighted by molar-refractivity contribution is 0.591. The topological polar surface area (TPSA) is 70.6 Å². The normalized spacial score (nSPS) is 12.7. The summed E-state index contributed by atoms with van der Waals surface area (Å²) in [7, 11) is -1.38. The minimum absolute atomic E-state index is 0. The van der Waals surface area contributed by atoms with Crippen LogP contribution in [-0.2, 0) is 15.6 Å². The number of rotatable bonds is 10. The van der Waals surface area contributed by atoms with Crippen LogP contribution in [0.1, 0.15) is 18.9 Å². The van der Waals surface area contributed by atoms with E-state index in [0.29, 0.717) is 24.2 Å². The number of hydrogen-bond donors (Lipinski definition) is 2. The van der Waals surface area contributed by atoms with Crippen molar-refractivity contribution in [1.82, 2.24) is 10.6 Å². The number of halogens is 1. The van der Waals surface area contributed by atoms with Crippen LogP contribution in [0.4, 0.5) is 0 Å². The SMILES string of the molecule is CN=C(NCCCS(=O)(=O)Cc1ccccc1)NCC(C)Sc1ccccc1.I. The Balaban J connectivity index is 0.00000420. The molecule has 1 unspecified atom stereocenters. The second-order valence-corrected chi connectivity index (χ2v) is 10.2. The van der Waals surface area contributed by atoms with Crippen molar-refractivity contribution in [2.75, 3.05) is 25.9 Å². The highest BCUT2D eigenvalue weighted by Gasteiger charge is 2.12. The van der Waals surface area contributed by atoms with Crippen LogP contribution in [0.15, 0.2) is 70.6 Å². The Bertz CT molecular complexity index is 832. The minimum atomic E-state index is -3.10. The molecule has 0 bridgehead atoms. The lowest BCUT2D eigenvalue weighted by Crippen LogP contribution is -2.40. The molecule has 5 nitrogen and oxygen atoms in total. The van der Waals surface area contributed by atoms with Crippen molar-refractivity contribution in [2.45, 2.75) is 29.2 Å². The van der Waals surface area contributed by atoms with E-state index >= 15 is 0 Å². The largest absolute Gasteiger partial charge is 0.356 e. The summed E-state index contributed by atoms with van der Waals surface area (Å²) in [5.41, 5.74) is 0.831. The van der Waals surface area contributed by atoms with Crippen molar-refractivity contribution in [3.8, 4) is 0 Å². The fourth-order valence-corrected chi connectivity index (χ4v) is 5.01. The third kappa shape index (κ3) is 10.9. The van der Waals surface area contributed by atoms with E-state index in [0.717, 1.165) is 12.1 Å². The highest BCUT2D eigenvalue weighted by atomic mass is 127. The van der Waals surface area contributed by atoms with E-state index in [2.05, 4.69) is 34.7 Å². The van der Waals surface area contributed by atoms with Crippen molar-refractivity contribution in [2.24, 2.45) is 4.99 Å². The third-order valence-corrected chi connectivity index (χ3v) is 6.81. The van der Waals surface area contributed by atoms with Gasteiger partial charge in [-0.05, 0) is 24.1 Å². The van der Waals surface area contributed by atoms with Crippen LogP contribution in [0.5, 0.6) is 0 Å². The van der Waals surface area contributed by atoms with Crippen molar-refractivity contribution in [3.05, 3.63) is 66.2 Å². The van der Waals surface area contributed by atoms with Crippen LogP contribution < -0.4 is 10.6 Å². The lowest BCUT2D eigenvalue weighted by Gasteiger charge is -2.16. The van der Waals surface area contributed by atoms with E-state index in [1.165, 1.54) is 4.90 Å². The van der Waals surface area contributed by atoms with E-state index in [9.17, 15) is 8.42 Å². The highest BCUT2D eigenvalue weighted by molar-refractivity contribution is 14.0. The van der Waals surface area contributed by atoms with Gasteiger partial charge in [0, 0.05) is 30.3 Å². The molecule has 2 aromatic rings. The molecule has 2 aromatic carbocycles. The van der Waals surface area contributed by atoms with Gasteiger partial charge in [0.25, 0.3) is 0 Å². The van der Waals surface area contributed by atoms with E-state index in [1.807, 2.05) is 48.5 Å². The van der Waals surface area contributed by atoms with Gasteiger partial charge in [-0.1, -0.05) is 55.5 Å².